The van der Waals surface area contributed by atoms with E-state index in [9.17, 15) is 13.2 Å². The van der Waals surface area contributed by atoms with Crippen molar-refractivity contribution in [2.75, 3.05) is 32.0 Å². The summed E-state index contributed by atoms with van der Waals surface area (Å²) in [5.74, 6) is -0.618. The number of ether oxygens (including phenoxy) is 1. The lowest BCUT2D eigenvalue weighted by molar-refractivity contribution is 0.0722. The predicted octanol–water partition coefficient (Wildman–Crippen LogP) is 0.0761. The van der Waals surface area contributed by atoms with E-state index in [-0.39, 0.29) is 29.8 Å². The standard InChI is InChI=1S/C13H16N4O5S/c1-9-8-11(14)17(15-9)13(18)10-2-3-12(22-10)23(19,20)16-4-6-21-7-5-16/h2-3,8H,4-7,14H2,1H3. The highest BCUT2D eigenvalue weighted by Crippen LogP contribution is 2.21. The van der Waals surface area contributed by atoms with E-state index in [0.717, 1.165) is 4.68 Å². The number of carbonyl (C=O) groups excluding carboxylic acids is 1. The summed E-state index contributed by atoms with van der Waals surface area (Å²) in [4.78, 5) is 12.3. The first-order valence-electron chi connectivity index (χ1n) is 6.94. The van der Waals surface area contributed by atoms with E-state index in [1.54, 1.807) is 6.92 Å². The molecular formula is C13H16N4O5S. The lowest BCUT2D eigenvalue weighted by atomic mass is 10.4. The summed E-state index contributed by atoms with van der Waals surface area (Å²) in [5.41, 5.74) is 6.26. The van der Waals surface area contributed by atoms with E-state index >= 15 is 0 Å². The van der Waals surface area contributed by atoms with Crippen LogP contribution in [0.3, 0.4) is 0 Å². The van der Waals surface area contributed by atoms with E-state index in [4.69, 9.17) is 14.9 Å². The van der Waals surface area contributed by atoms with Crippen molar-refractivity contribution in [1.29, 1.82) is 0 Å². The van der Waals surface area contributed by atoms with Gasteiger partial charge in [-0.15, -0.1) is 0 Å². The maximum Gasteiger partial charge on any atom is 0.315 e. The molecular weight excluding hydrogens is 324 g/mol. The zero-order chi connectivity index (χ0) is 16.6. The fraction of sp³-hybridized carbons (Fsp3) is 0.385. The number of hydrogen-bond acceptors (Lipinski definition) is 7. The number of furan rings is 1. The molecule has 9 nitrogen and oxygen atoms in total. The molecule has 0 atom stereocenters. The molecule has 23 heavy (non-hydrogen) atoms. The van der Waals surface area contributed by atoms with Crippen LogP contribution in [0, 0.1) is 6.92 Å². The van der Waals surface area contributed by atoms with Crippen molar-refractivity contribution in [3.63, 3.8) is 0 Å². The smallest absolute Gasteiger partial charge is 0.315 e. The Labute approximate surface area is 132 Å². The summed E-state index contributed by atoms with van der Waals surface area (Å²) in [7, 11) is -3.79. The summed E-state index contributed by atoms with van der Waals surface area (Å²) in [5, 5.41) is 3.67. The van der Waals surface area contributed by atoms with E-state index < -0.39 is 15.9 Å². The van der Waals surface area contributed by atoms with Gasteiger partial charge in [-0.3, -0.25) is 4.79 Å². The molecule has 124 valence electrons. The molecule has 0 amide bonds. The number of morpholine rings is 1. The Kier molecular flexibility index (Phi) is 3.96. The Morgan fingerprint density at radius 1 is 1.30 bits per heavy atom. The third-order valence-corrected chi connectivity index (χ3v) is 5.18. The van der Waals surface area contributed by atoms with Gasteiger partial charge >= 0.3 is 5.91 Å². The number of carbonyl (C=O) groups is 1. The third kappa shape index (κ3) is 2.87. The Bertz CT molecular complexity index is 832. The number of rotatable bonds is 3. The van der Waals surface area contributed by atoms with Gasteiger partial charge in [0.2, 0.25) is 5.09 Å². The highest BCUT2D eigenvalue weighted by molar-refractivity contribution is 7.89. The molecule has 1 saturated heterocycles. The van der Waals surface area contributed by atoms with Gasteiger partial charge in [-0.05, 0) is 19.1 Å². The summed E-state index contributed by atoms with van der Waals surface area (Å²) < 4.78 is 37.5. The molecule has 1 aliphatic rings. The van der Waals surface area contributed by atoms with E-state index in [2.05, 4.69) is 5.10 Å². The van der Waals surface area contributed by atoms with Crippen LogP contribution in [0.2, 0.25) is 0 Å². The van der Waals surface area contributed by atoms with Crippen molar-refractivity contribution in [2.45, 2.75) is 12.0 Å². The Morgan fingerprint density at radius 2 is 2.00 bits per heavy atom. The first kappa shape index (κ1) is 15.7. The molecule has 0 unspecified atom stereocenters. The number of sulfonamides is 1. The van der Waals surface area contributed by atoms with Crippen LogP contribution in [0.25, 0.3) is 0 Å². The average molecular weight is 340 g/mol. The Balaban J connectivity index is 1.88. The minimum atomic E-state index is -3.79. The normalized spacial score (nSPS) is 16.6. The zero-order valence-electron chi connectivity index (χ0n) is 12.4. The van der Waals surface area contributed by atoms with Gasteiger partial charge in [-0.2, -0.15) is 14.1 Å². The number of hydrogen-bond donors (Lipinski definition) is 1. The van der Waals surface area contributed by atoms with Crippen molar-refractivity contribution in [3.8, 4) is 0 Å². The number of aromatic nitrogens is 2. The number of nitrogen functional groups attached to an aromatic ring is 1. The van der Waals surface area contributed by atoms with E-state index in [1.165, 1.54) is 22.5 Å². The van der Waals surface area contributed by atoms with Crippen molar-refractivity contribution < 1.29 is 22.4 Å². The topological polar surface area (TPSA) is 121 Å². The second kappa shape index (κ2) is 5.80. The second-order valence-electron chi connectivity index (χ2n) is 5.06. The zero-order valence-corrected chi connectivity index (χ0v) is 13.2. The Hall–Kier alpha value is -2.17. The fourth-order valence-corrected chi connectivity index (χ4v) is 3.59. The fourth-order valence-electron chi connectivity index (χ4n) is 2.27. The van der Waals surface area contributed by atoms with Gasteiger partial charge in [0.25, 0.3) is 10.0 Å². The van der Waals surface area contributed by atoms with Crippen molar-refractivity contribution in [3.05, 3.63) is 29.7 Å². The van der Waals surface area contributed by atoms with Gasteiger partial charge in [-0.25, -0.2) is 8.42 Å². The monoisotopic (exact) mass is 340 g/mol. The molecule has 0 bridgehead atoms. The molecule has 3 heterocycles. The molecule has 0 aromatic carbocycles. The van der Waals surface area contributed by atoms with Gasteiger partial charge in [-0.1, -0.05) is 0 Å². The molecule has 2 N–H and O–H groups in total. The maximum atomic E-state index is 12.4. The quantitative estimate of drug-likeness (QED) is 0.839. The third-order valence-electron chi connectivity index (χ3n) is 3.41. The molecule has 3 rings (SSSR count). The summed E-state index contributed by atoms with van der Waals surface area (Å²) in [6.45, 7) is 2.84. The maximum absolute atomic E-state index is 12.4. The lowest BCUT2D eigenvalue weighted by Crippen LogP contribution is -2.40. The molecule has 1 aliphatic heterocycles. The molecule has 10 heteroatoms. The van der Waals surface area contributed by atoms with Gasteiger partial charge in [0.15, 0.2) is 5.76 Å². The van der Waals surface area contributed by atoms with Crippen LogP contribution in [0.4, 0.5) is 5.82 Å². The van der Waals surface area contributed by atoms with Crippen molar-refractivity contribution in [2.24, 2.45) is 0 Å². The second-order valence-corrected chi connectivity index (χ2v) is 6.93. The van der Waals surface area contributed by atoms with Crippen LogP contribution in [0.15, 0.2) is 27.7 Å². The van der Waals surface area contributed by atoms with Crippen LogP contribution in [-0.4, -0.2) is 54.7 Å². The SMILES string of the molecule is Cc1cc(N)n(C(=O)c2ccc(S(=O)(=O)N3CCOCC3)o2)n1. The summed E-state index contributed by atoms with van der Waals surface area (Å²) in [6.07, 6.45) is 0. The minimum absolute atomic E-state index is 0.147. The Morgan fingerprint density at radius 3 is 2.61 bits per heavy atom. The molecule has 0 radical (unpaired) electrons. The van der Waals surface area contributed by atoms with Crippen LogP contribution in [-0.2, 0) is 14.8 Å². The summed E-state index contributed by atoms with van der Waals surface area (Å²) in [6, 6.07) is 4.09. The van der Waals surface area contributed by atoms with Gasteiger partial charge < -0.3 is 14.9 Å². The van der Waals surface area contributed by atoms with E-state index in [0.29, 0.717) is 18.9 Å². The van der Waals surface area contributed by atoms with Gasteiger partial charge in [0.1, 0.15) is 5.82 Å². The van der Waals surface area contributed by atoms with Crippen molar-refractivity contribution >= 4 is 21.7 Å². The molecule has 2 aromatic rings. The van der Waals surface area contributed by atoms with Crippen LogP contribution < -0.4 is 5.73 Å². The van der Waals surface area contributed by atoms with Crippen LogP contribution in [0.5, 0.6) is 0 Å². The number of nitrogens with two attached hydrogens (primary N) is 1. The largest absolute Gasteiger partial charge is 0.438 e. The number of anilines is 1. The lowest BCUT2D eigenvalue weighted by Gasteiger charge is -2.24. The van der Waals surface area contributed by atoms with Crippen LogP contribution >= 0.6 is 0 Å². The average Bonchev–Trinajstić information content (AvgIpc) is 3.14. The first-order valence-corrected chi connectivity index (χ1v) is 8.38. The van der Waals surface area contributed by atoms with E-state index in [1.807, 2.05) is 0 Å². The van der Waals surface area contributed by atoms with Gasteiger partial charge in [0, 0.05) is 19.2 Å². The first-order chi connectivity index (χ1) is 10.9. The van der Waals surface area contributed by atoms with Crippen LogP contribution in [0.1, 0.15) is 16.2 Å². The molecule has 0 saturated carbocycles. The highest BCUT2D eigenvalue weighted by Gasteiger charge is 2.30. The molecule has 0 aliphatic carbocycles. The predicted molar refractivity (Wildman–Crippen MR) is 79.4 cm³/mol. The molecule has 0 spiro atoms. The molecule has 1 fully saturated rings. The highest BCUT2D eigenvalue weighted by atomic mass is 32.2. The van der Waals surface area contributed by atoms with Gasteiger partial charge in [0.05, 0.1) is 18.9 Å². The van der Waals surface area contributed by atoms with Crippen molar-refractivity contribution in [1.82, 2.24) is 14.1 Å². The minimum Gasteiger partial charge on any atom is -0.438 e. The number of nitrogens with zero attached hydrogens (tertiary/aromatic N) is 3. The number of aryl methyl sites for hydroxylation is 1. The molecule has 2 aromatic heterocycles. The summed E-state index contributed by atoms with van der Waals surface area (Å²) >= 11 is 0.